The largest absolute Gasteiger partial charge is 0.293 e. The maximum Gasteiger partial charge on any atom is 0.177 e. The van der Waals surface area contributed by atoms with E-state index in [2.05, 4.69) is 10.2 Å². The molecule has 3 heteroatoms. The normalized spacial score (nSPS) is 18.2. The second kappa shape index (κ2) is 7.28. The van der Waals surface area contributed by atoms with Crippen molar-refractivity contribution in [2.24, 2.45) is 16.1 Å². The Morgan fingerprint density at radius 3 is 1.97 bits per heavy atom. The van der Waals surface area contributed by atoms with Gasteiger partial charge in [0.25, 0.3) is 0 Å². The third-order valence-electron chi connectivity index (χ3n) is 5.28. The molecule has 0 radical (unpaired) electrons. The van der Waals surface area contributed by atoms with Crippen LogP contribution in [0.25, 0.3) is 5.57 Å². The maximum atomic E-state index is 13.0. The van der Waals surface area contributed by atoms with Gasteiger partial charge in [-0.3, -0.25) is 4.79 Å². The summed E-state index contributed by atoms with van der Waals surface area (Å²) in [6.07, 6.45) is 5.84. The van der Waals surface area contributed by atoms with Gasteiger partial charge >= 0.3 is 0 Å². The number of hydrogen-bond acceptors (Lipinski definition) is 3. The van der Waals surface area contributed by atoms with Gasteiger partial charge in [-0.05, 0) is 17.2 Å². The fourth-order valence-corrected chi connectivity index (χ4v) is 3.90. The van der Waals surface area contributed by atoms with Crippen molar-refractivity contribution in [1.82, 2.24) is 0 Å². The quantitative estimate of drug-likeness (QED) is 0.450. The van der Waals surface area contributed by atoms with Crippen molar-refractivity contribution in [3.05, 3.63) is 125 Å². The minimum absolute atomic E-state index is 0.0890. The lowest BCUT2D eigenvalue weighted by Gasteiger charge is -2.14. The lowest BCUT2D eigenvalue weighted by Crippen LogP contribution is -2.20. The number of carbonyl (C=O) groups excluding carboxylic acids is 1. The van der Waals surface area contributed by atoms with Crippen molar-refractivity contribution >= 4 is 22.8 Å². The molecule has 0 saturated heterocycles. The van der Waals surface area contributed by atoms with Crippen molar-refractivity contribution in [2.45, 2.75) is 0 Å². The highest BCUT2D eigenvalue weighted by Crippen LogP contribution is 2.39. The first-order valence-corrected chi connectivity index (χ1v) is 9.61. The average Bonchev–Trinajstić information content (AvgIpc) is 3.09. The Morgan fingerprint density at radius 1 is 0.724 bits per heavy atom. The maximum absolute atomic E-state index is 13.0. The number of ketones is 1. The summed E-state index contributed by atoms with van der Waals surface area (Å²) in [5.41, 5.74) is 6.19. The summed E-state index contributed by atoms with van der Waals surface area (Å²) in [6, 6.07) is 27.7. The second-order valence-electron chi connectivity index (χ2n) is 7.03. The molecule has 0 bridgehead atoms. The Kier molecular flexibility index (Phi) is 4.34. The van der Waals surface area contributed by atoms with E-state index >= 15 is 0 Å². The summed E-state index contributed by atoms with van der Waals surface area (Å²) >= 11 is 0. The Hall–Kier alpha value is -3.85. The zero-order valence-electron chi connectivity index (χ0n) is 15.7. The van der Waals surface area contributed by atoms with Crippen LogP contribution in [0.1, 0.15) is 27.0 Å². The number of fused-ring (bicyclic) bond motifs is 3. The van der Waals surface area contributed by atoms with E-state index in [1.807, 2.05) is 103 Å². The molecule has 0 spiro atoms. The molecule has 0 saturated carbocycles. The lowest BCUT2D eigenvalue weighted by molar-refractivity contribution is 0.0983. The highest BCUT2D eigenvalue weighted by Gasteiger charge is 2.38. The number of carbonyl (C=O) groups is 1. The average molecular weight is 374 g/mol. The highest BCUT2D eigenvalue weighted by molar-refractivity contribution is 6.29. The summed E-state index contributed by atoms with van der Waals surface area (Å²) in [5.74, 6) is -0.292. The molecule has 0 N–H and O–H groups in total. The molecule has 0 aromatic heterocycles. The number of allylic oxidation sites excluding steroid dienone is 4. The number of Topliss-reactive ketones (excluding diaryl/α,β-unsaturated/α-hetero) is 1. The van der Waals surface area contributed by atoms with Gasteiger partial charge in [0.2, 0.25) is 0 Å². The minimum Gasteiger partial charge on any atom is -0.293 e. The molecule has 138 valence electrons. The highest BCUT2D eigenvalue weighted by atomic mass is 16.1. The molecule has 0 fully saturated rings. The Morgan fingerprint density at radius 2 is 1.31 bits per heavy atom. The molecule has 2 aliphatic rings. The van der Waals surface area contributed by atoms with Crippen LogP contribution in [0.2, 0.25) is 0 Å². The van der Waals surface area contributed by atoms with Crippen molar-refractivity contribution in [3.8, 4) is 0 Å². The van der Waals surface area contributed by atoms with Crippen LogP contribution >= 0.6 is 0 Å². The van der Waals surface area contributed by atoms with E-state index in [-0.39, 0.29) is 11.7 Å². The van der Waals surface area contributed by atoms with Gasteiger partial charge in [0.1, 0.15) is 5.71 Å². The van der Waals surface area contributed by atoms with Crippen LogP contribution < -0.4 is 0 Å². The van der Waals surface area contributed by atoms with Crippen LogP contribution in [0.15, 0.2) is 113 Å². The van der Waals surface area contributed by atoms with Gasteiger partial charge in [-0.15, -0.1) is 5.10 Å². The van der Waals surface area contributed by atoms with Gasteiger partial charge in [-0.2, -0.15) is 5.10 Å². The number of nitrogens with zero attached hydrogens (tertiary/aromatic N) is 2. The molecule has 2 aliphatic carbocycles. The van der Waals surface area contributed by atoms with Crippen molar-refractivity contribution in [3.63, 3.8) is 0 Å². The predicted octanol–water partition coefficient (Wildman–Crippen LogP) is 5.35. The van der Waals surface area contributed by atoms with Crippen LogP contribution in [-0.2, 0) is 0 Å². The Labute approximate surface area is 169 Å². The number of hydrogen-bond donors (Lipinski definition) is 0. The van der Waals surface area contributed by atoms with Crippen LogP contribution in [0.4, 0.5) is 0 Å². The van der Waals surface area contributed by atoms with E-state index in [4.69, 9.17) is 0 Å². The molecule has 0 aliphatic heterocycles. The van der Waals surface area contributed by atoms with Crippen molar-refractivity contribution in [1.29, 1.82) is 0 Å². The van der Waals surface area contributed by atoms with E-state index in [9.17, 15) is 4.79 Å². The summed E-state index contributed by atoms with van der Waals surface area (Å²) in [5, 5.41) is 9.19. The van der Waals surface area contributed by atoms with E-state index in [1.54, 1.807) is 0 Å². The smallest absolute Gasteiger partial charge is 0.177 e. The first kappa shape index (κ1) is 17.3. The first-order valence-electron chi connectivity index (χ1n) is 9.61. The zero-order chi connectivity index (χ0) is 19.6. The SMILES string of the molecule is O=C1c2ccccc2C2=CC=CC(=NN=C(c3ccccc3)c3ccccc3)C12. The van der Waals surface area contributed by atoms with Gasteiger partial charge in [-0.25, -0.2) is 0 Å². The van der Waals surface area contributed by atoms with E-state index < -0.39 is 0 Å². The van der Waals surface area contributed by atoms with Crippen molar-refractivity contribution < 1.29 is 4.79 Å². The van der Waals surface area contributed by atoms with E-state index in [1.165, 1.54) is 0 Å². The monoisotopic (exact) mass is 374 g/mol. The summed E-state index contributed by atoms with van der Waals surface area (Å²) in [7, 11) is 0. The molecule has 5 rings (SSSR count). The van der Waals surface area contributed by atoms with Crippen LogP contribution in [-0.4, -0.2) is 17.2 Å². The van der Waals surface area contributed by atoms with Crippen LogP contribution in [0.5, 0.6) is 0 Å². The lowest BCUT2D eigenvalue weighted by atomic mass is 9.90. The molecular weight excluding hydrogens is 356 g/mol. The van der Waals surface area contributed by atoms with Gasteiger partial charge in [-0.1, -0.05) is 97.1 Å². The van der Waals surface area contributed by atoms with Gasteiger partial charge < -0.3 is 0 Å². The predicted molar refractivity (Wildman–Crippen MR) is 117 cm³/mol. The number of rotatable bonds is 3. The number of benzene rings is 3. The first-order chi connectivity index (χ1) is 14.3. The minimum atomic E-state index is -0.381. The standard InChI is InChI=1S/C26H18N2O/c29-26-22-15-8-7-14-20(22)21-16-9-17-23(24(21)26)27-28-25(18-10-3-1-4-11-18)19-12-5-2-6-13-19/h1-17,24H. The van der Waals surface area contributed by atoms with E-state index in [0.717, 1.165) is 33.5 Å². The van der Waals surface area contributed by atoms with E-state index in [0.29, 0.717) is 5.71 Å². The molecule has 1 unspecified atom stereocenters. The third-order valence-corrected chi connectivity index (χ3v) is 5.28. The summed E-state index contributed by atoms with van der Waals surface area (Å²) < 4.78 is 0. The molecule has 3 aromatic rings. The fourth-order valence-electron chi connectivity index (χ4n) is 3.90. The molecule has 3 aromatic carbocycles. The Balaban J connectivity index is 1.59. The molecule has 3 nitrogen and oxygen atoms in total. The summed E-state index contributed by atoms with van der Waals surface area (Å²) in [4.78, 5) is 13.0. The molecule has 0 heterocycles. The molecule has 29 heavy (non-hydrogen) atoms. The zero-order valence-corrected chi connectivity index (χ0v) is 15.7. The van der Waals surface area contributed by atoms with Crippen LogP contribution in [0, 0.1) is 5.92 Å². The molecule has 0 amide bonds. The third kappa shape index (κ3) is 3.07. The van der Waals surface area contributed by atoms with Crippen LogP contribution in [0.3, 0.4) is 0 Å². The van der Waals surface area contributed by atoms with Gasteiger partial charge in [0, 0.05) is 16.7 Å². The Bertz CT molecular complexity index is 1160. The fraction of sp³-hybridized carbons (Fsp3) is 0.0385. The van der Waals surface area contributed by atoms with Gasteiger partial charge in [0.15, 0.2) is 5.78 Å². The second-order valence-corrected chi connectivity index (χ2v) is 7.03. The topological polar surface area (TPSA) is 41.8 Å². The summed E-state index contributed by atoms with van der Waals surface area (Å²) in [6.45, 7) is 0. The van der Waals surface area contributed by atoms with Gasteiger partial charge in [0.05, 0.1) is 11.6 Å². The molecular formula is C26H18N2O. The molecule has 1 atom stereocenters. The van der Waals surface area contributed by atoms with Crippen molar-refractivity contribution in [2.75, 3.05) is 0 Å².